The lowest BCUT2D eigenvalue weighted by Gasteiger charge is -2.10. The molecule has 0 fully saturated rings. The number of ether oxygens (including phenoxy) is 1. The van der Waals surface area contributed by atoms with Crippen molar-refractivity contribution in [3.63, 3.8) is 0 Å². The topological polar surface area (TPSA) is 98.5 Å². The van der Waals surface area contributed by atoms with E-state index in [1.165, 1.54) is 13.0 Å². The first-order valence-corrected chi connectivity index (χ1v) is 9.29. The number of carbonyl (C=O) groups is 2. The molecule has 0 atom stereocenters. The molecule has 3 heterocycles. The number of esters is 1. The van der Waals surface area contributed by atoms with Crippen LogP contribution in [0.2, 0.25) is 0 Å². The zero-order valence-corrected chi connectivity index (χ0v) is 16.3. The first-order chi connectivity index (χ1) is 13.2. The number of halogens is 3. The van der Waals surface area contributed by atoms with E-state index in [1.807, 2.05) is 0 Å². The lowest BCUT2D eigenvalue weighted by molar-refractivity contribution is -0.142. The number of thiazole rings is 1. The molecule has 8 nitrogen and oxygen atoms in total. The van der Waals surface area contributed by atoms with Crippen molar-refractivity contribution in [2.45, 2.75) is 25.7 Å². The van der Waals surface area contributed by atoms with Crippen molar-refractivity contribution in [2.75, 3.05) is 11.9 Å². The normalized spacial score (nSPS) is 11.6. The van der Waals surface area contributed by atoms with Crippen molar-refractivity contribution in [1.29, 1.82) is 0 Å². The molecule has 0 aromatic carbocycles. The van der Waals surface area contributed by atoms with E-state index in [9.17, 15) is 18.4 Å². The van der Waals surface area contributed by atoms with Crippen LogP contribution in [0.15, 0.2) is 17.5 Å². The van der Waals surface area contributed by atoms with Gasteiger partial charge in [-0.05, 0) is 31.5 Å². The van der Waals surface area contributed by atoms with Gasteiger partial charge in [-0.1, -0.05) is 0 Å². The van der Waals surface area contributed by atoms with E-state index < -0.39 is 23.0 Å². The Morgan fingerprint density at radius 2 is 2.11 bits per heavy atom. The molecule has 0 aliphatic rings. The number of carbonyl (C=O) groups excluding carboxylic acids is 2. The standard InChI is InChI=1S/C16H14ClF2N5O3S/c1-3-27-13(25)5-9-7-28-15(21-9)22-14(26)10-6-12-20-8(2)4-11(16(17,18)19)24(12)23-10/h4,6-7H,3,5H2,1-2H3,(H,21,22,26). The minimum Gasteiger partial charge on any atom is -0.466 e. The van der Waals surface area contributed by atoms with Crippen LogP contribution in [-0.2, 0) is 21.3 Å². The highest BCUT2D eigenvalue weighted by molar-refractivity contribution is 7.14. The second kappa shape index (κ2) is 7.76. The second-order valence-electron chi connectivity index (χ2n) is 5.66. The van der Waals surface area contributed by atoms with Crippen molar-refractivity contribution >= 4 is 45.6 Å². The summed E-state index contributed by atoms with van der Waals surface area (Å²) in [5, 5.41) is 4.54. The van der Waals surface area contributed by atoms with E-state index in [4.69, 9.17) is 16.3 Å². The summed E-state index contributed by atoms with van der Waals surface area (Å²) in [4.78, 5) is 32.1. The smallest absolute Gasteiger partial charge is 0.364 e. The van der Waals surface area contributed by atoms with E-state index in [1.54, 1.807) is 12.3 Å². The molecule has 0 spiro atoms. The Morgan fingerprint density at radius 1 is 1.36 bits per heavy atom. The Labute approximate surface area is 166 Å². The van der Waals surface area contributed by atoms with Crippen LogP contribution in [0.4, 0.5) is 13.9 Å². The van der Waals surface area contributed by atoms with Gasteiger partial charge in [0, 0.05) is 17.1 Å². The Bertz CT molecular complexity index is 1050. The molecular weight excluding hydrogens is 416 g/mol. The van der Waals surface area contributed by atoms with Gasteiger partial charge in [-0.15, -0.1) is 11.3 Å². The molecule has 3 aromatic heterocycles. The van der Waals surface area contributed by atoms with Crippen LogP contribution < -0.4 is 5.32 Å². The molecule has 0 aliphatic heterocycles. The lowest BCUT2D eigenvalue weighted by atomic mass is 10.3. The molecule has 28 heavy (non-hydrogen) atoms. The molecule has 0 saturated carbocycles. The number of anilines is 1. The summed E-state index contributed by atoms with van der Waals surface area (Å²) in [7, 11) is 0. The highest BCUT2D eigenvalue weighted by Crippen LogP contribution is 2.32. The predicted molar refractivity (Wildman–Crippen MR) is 97.9 cm³/mol. The van der Waals surface area contributed by atoms with E-state index in [0.717, 1.165) is 21.9 Å². The Kier molecular flexibility index (Phi) is 5.57. The van der Waals surface area contributed by atoms with E-state index >= 15 is 0 Å². The van der Waals surface area contributed by atoms with Gasteiger partial charge in [0.15, 0.2) is 16.5 Å². The second-order valence-corrected chi connectivity index (χ2v) is 6.99. The fourth-order valence-electron chi connectivity index (χ4n) is 2.38. The number of fused-ring (bicyclic) bond motifs is 1. The first-order valence-electron chi connectivity index (χ1n) is 8.03. The Balaban J connectivity index is 1.81. The zero-order valence-electron chi connectivity index (χ0n) is 14.7. The average Bonchev–Trinajstić information content (AvgIpc) is 3.20. The first kappa shape index (κ1) is 20.1. The summed E-state index contributed by atoms with van der Waals surface area (Å²) < 4.78 is 32.9. The molecule has 1 N–H and O–H groups in total. The third kappa shape index (κ3) is 4.42. The Morgan fingerprint density at radius 3 is 2.79 bits per heavy atom. The highest BCUT2D eigenvalue weighted by Gasteiger charge is 2.32. The van der Waals surface area contributed by atoms with Gasteiger partial charge in [0.1, 0.15) is 5.69 Å². The van der Waals surface area contributed by atoms with Gasteiger partial charge < -0.3 is 4.74 Å². The van der Waals surface area contributed by atoms with Crippen LogP contribution in [-0.4, -0.2) is 38.1 Å². The Hall–Kier alpha value is -2.66. The number of nitrogens with zero attached hydrogens (tertiary/aromatic N) is 4. The zero-order chi connectivity index (χ0) is 20.5. The summed E-state index contributed by atoms with van der Waals surface area (Å²) in [6, 6.07) is 2.36. The monoisotopic (exact) mass is 429 g/mol. The molecular formula is C16H14ClF2N5O3S. The van der Waals surface area contributed by atoms with Crippen LogP contribution in [0.3, 0.4) is 0 Å². The van der Waals surface area contributed by atoms with Gasteiger partial charge in [0.2, 0.25) is 0 Å². The van der Waals surface area contributed by atoms with Crippen LogP contribution in [0.5, 0.6) is 0 Å². The third-order valence-electron chi connectivity index (χ3n) is 3.48. The summed E-state index contributed by atoms with van der Waals surface area (Å²) in [5.41, 5.74) is 0.0695. The summed E-state index contributed by atoms with van der Waals surface area (Å²) in [6.45, 7) is 3.48. The number of aromatic nitrogens is 4. The van der Waals surface area contributed by atoms with Crippen LogP contribution >= 0.6 is 22.9 Å². The number of hydrogen-bond acceptors (Lipinski definition) is 7. The van der Waals surface area contributed by atoms with Crippen molar-refractivity contribution in [3.05, 3.63) is 40.3 Å². The lowest BCUT2D eigenvalue weighted by Crippen LogP contribution is -2.15. The van der Waals surface area contributed by atoms with Gasteiger partial charge in [-0.3, -0.25) is 14.9 Å². The summed E-state index contributed by atoms with van der Waals surface area (Å²) in [5.74, 6) is -1.09. The maximum absolute atomic E-state index is 13.6. The average molecular weight is 430 g/mol. The van der Waals surface area contributed by atoms with E-state index in [2.05, 4.69) is 20.4 Å². The van der Waals surface area contributed by atoms with Gasteiger partial charge in [-0.2, -0.15) is 13.9 Å². The summed E-state index contributed by atoms with van der Waals surface area (Å²) in [6.07, 6.45) is -0.0219. The number of aryl methyl sites for hydroxylation is 1. The van der Waals surface area contributed by atoms with Crippen molar-refractivity contribution in [2.24, 2.45) is 0 Å². The molecule has 0 unspecified atom stereocenters. The highest BCUT2D eigenvalue weighted by atomic mass is 35.5. The number of nitrogens with one attached hydrogen (secondary N) is 1. The number of amides is 1. The van der Waals surface area contributed by atoms with Gasteiger partial charge in [0.05, 0.1) is 18.7 Å². The minimum atomic E-state index is -3.68. The molecule has 0 bridgehead atoms. The number of alkyl halides is 3. The molecule has 3 rings (SSSR count). The van der Waals surface area contributed by atoms with Crippen molar-refractivity contribution in [1.82, 2.24) is 19.6 Å². The van der Waals surface area contributed by atoms with E-state index in [0.29, 0.717) is 11.4 Å². The SMILES string of the molecule is CCOC(=O)Cc1csc(NC(=O)c2cc3nc(C)cc(C(F)(F)Cl)n3n2)n1. The maximum atomic E-state index is 13.6. The molecule has 1 amide bonds. The quantitative estimate of drug-likeness (QED) is 0.477. The number of hydrogen-bond donors (Lipinski definition) is 1. The molecule has 0 radical (unpaired) electrons. The van der Waals surface area contributed by atoms with Crippen LogP contribution in [0.25, 0.3) is 5.65 Å². The minimum absolute atomic E-state index is 0.0219. The largest absolute Gasteiger partial charge is 0.466 e. The molecule has 0 saturated heterocycles. The molecule has 0 aliphatic carbocycles. The number of rotatable bonds is 6. The summed E-state index contributed by atoms with van der Waals surface area (Å²) >= 11 is 6.23. The predicted octanol–water partition coefficient (Wildman–Crippen LogP) is 3.14. The van der Waals surface area contributed by atoms with Gasteiger partial charge in [0.25, 0.3) is 5.91 Å². The van der Waals surface area contributed by atoms with Crippen LogP contribution in [0, 0.1) is 6.92 Å². The van der Waals surface area contributed by atoms with E-state index in [-0.39, 0.29) is 29.5 Å². The van der Waals surface area contributed by atoms with Gasteiger partial charge in [-0.25, -0.2) is 14.5 Å². The van der Waals surface area contributed by atoms with Crippen molar-refractivity contribution < 1.29 is 23.1 Å². The fourth-order valence-corrected chi connectivity index (χ4v) is 3.22. The van der Waals surface area contributed by atoms with Crippen LogP contribution in [0.1, 0.15) is 34.5 Å². The third-order valence-corrected chi connectivity index (χ3v) is 4.48. The maximum Gasteiger partial charge on any atom is 0.364 e. The van der Waals surface area contributed by atoms with Crippen molar-refractivity contribution in [3.8, 4) is 0 Å². The molecule has 3 aromatic rings. The fraction of sp³-hybridized carbons (Fsp3) is 0.312. The van der Waals surface area contributed by atoms with Gasteiger partial charge >= 0.3 is 11.4 Å². The molecule has 12 heteroatoms. The molecule has 148 valence electrons.